The van der Waals surface area contributed by atoms with Gasteiger partial charge in [-0.2, -0.15) is 4.98 Å². The molecule has 23 heavy (non-hydrogen) atoms. The van der Waals surface area contributed by atoms with E-state index in [0.717, 1.165) is 16.5 Å². The molecule has 3 aromatic rings. The Morgan fingerprint density at radius 3 is 2.74 bits per heavy atom. The molecular formula is C17H17FN4O. The molecular weight excluding hydrogens is 295 g/mol. The number of benzene rings is 2. The fourth-order valence-electron chi connectivity index (χ4n) is 2.38. The number of para-hydroxylation sites is 1. The summed E-state index contributed by atoms with van der Waals surface area (Å²) in [5, 5.41) is 16.0. The number of halogens is 1. The number of nitrogens with one attached hydrogen (secondary N) is 2. The number of anilines is 3. The van der Waals surface area contributed by atoms with Gasteiger partial charge in [0.2, 0.25) is 5.95 Å². The van der Waals surface area contributed by atoms with Crippen molar-refractivity contribution in [2.45, 2.75) is 6.92 Å². The molecule has 0 aliphatic carbocycles. The molecule has 0 atom stereocenters. The zero-order chi connectivity index (χ0) is 16.2. The lowest BCUT2D eigenvalue weighted by Gasteiger charge is -2.11. The second kappa shape index (κ2) is 6.58. The number of hydrogen-bond donors (Lipinski definition) is 3. The Morgan fingerprint density at radius 2 is 1.96 bits per heavy atom. The molecule has 0 amide bonds. The molecule has 0 unspecified atom stereocenters. The van der Waals surface area contributed by atoms with Crippen LogP contribution in [-0.2, 0) is 0 Å². The van der Waals surface area contributed by atoms with Gasteiger partial charge in [-0.05, 0) is 42.8 Å². The van der Waals surface area contributed by atoms with Crippen molar-refractivity contribution in [1.82, 2.24) is 9.97 Å². The van der Waals surface area contributed by atoms with Crippen molar-refractivity contribution in [3.05, 3.63) is 53.8 Å². The van der Waals surface area contributed by atoms with Crippen molar-refractivity contribution in [2.24, 2.45) is 0 Å². The Bertz CT molecular complexity index is 818. The zero-order valence-electron chi connectivity index (χ0n) is 12.7. The highest BCUT2D eigenvalue weighted by Crippen LogP contribution is 2.24. The first kappa shape index (κ1) is 15.2. The van der Waals surface area contributed by atoms with E-state index in [1.165, 1.54) is 12.1 Å². The number of hydrogen-bond acceptors (Lipinski definition) is 5. The molecule has 1 heterocycles. The van der Waals surface area contributed by atoms with E-state index in [1.54, 1.807) is 0 Å². The van der Waals surface area contributed by atoms with Crippen molar-refractivity contribution < 1.29 is 9.50 Å². The summed E-state index contributed by atoms with van der Waals surface area (Å²) < 4.78 is 13.5. The average Bonchev–Trinajstić information content (AvgIpc) is 2.51. The molecule has 0 spiro atoms. The van der Waals surface area contributed by atoms with Crippen LogP contribution in [0.15, 0.2) is 42.5 Å². The molecule has 0 saturated carbocycles. The van der Waals surface area contributed by atoms with E-state index >= 15 is 0 Å². The van der Waals surface area contributed by atoms with Gasteiger partial charge in [-0.3, -0.25) is 0 Å². The van der Waals surface area contributed by atoms with Gasteiger partial charge < -0.3 is 15.7 Å². The van der Waals surface area contributed by atoms with Gasteiger partial charge in [0.1, 0.15) is 11.6 Å². The van der Waals surface area contributed by atoms with Gasteiger partial charge in [0, 0.05) is 17.6 Å². The van der Waals surface area contributed by atoms with Crippen LogP contribution in [0.5, 0.6) is 0 Å². The van der Waals surface area contributed by atoms with Crippen LogP contribution in [0, 0.1) is 12.7 Å². The van der Waals surface area contributed by atoms with Gasteiger partial charge in [0.15, 0.2) is 0 Å². The van der Waals surface area contributed by atoms with Crippen molar-refractivity contribution >= 4 is 28.4 Å². The van der Waals surface area contributed by atoms with Gasteiger partial charge in [-0.1, -0.05) is 12.1 Å². The summed E-state index contributed by atoms with van der Waals surface area (Å²) in [7, 11) is 0. The molecule has 6 heteroatoms. The first-order valence-electron chi connectivity index (χ1n) is 7.31. The summed E-state index contributed by atoms with van der Waals surface area (Å²) in [6.45, 7) is 2.22. The van der Waals surface area contributed by atoms with E-state index in [0.29, 0.717) is 24.0 Å². The molecule has 1 aromatic heterocycles. The minimum absolute atomic E-state index is 0.00415. The number of nitrogens with zero attached hydrogens (tertiary/aromatic N) is 2. The number of aromatic nitrogens is 2. The lowest BCUT2D eigenvalue weighted by molar-refractivity contribution is 0.311. The first-order chi connectivity index (χ1) is 11.2. The summed E-state index contributed by atoms with van der Waals surface area (Å²) in [5.74, 6) is 0.682. The molecule has 0 fully saturated rings. The third kappa shape index (κ3) is 3.54. The monoisotopic (exact) mass is 312 g/mol. The summed E-state index contributed by atoms with van der Waals surface area (Å²) in [5.41, 5.74) is 2.16. The SMILES string of the molecule is Cc1cc(F)cc(Nc2nc(NCCO)c3ccccc3n2)c1. The molecule has 3 rings (SSSR count). The molecule has 3 N–H and O–H groups in total. The van der Waals surface area contributed by atoms with Gasteiger partial charge in [0.25, 0.3) is 0 Å². The first-order valence-corrected chi connectivity index (χ1v) is 7.31. The summed E-state index contributed by atoms with van der Waals surface area (Å²) in [4.78, 5) is 8.88. The molecule has 118 valence electrons. The fraction of sp³-hybridized carbons (Fsp3) is 0.176. The van der Waals surface area contributed by atoms with Crippen LogP contribution in [0.1, 0.15) is 5.56 Å². The standard InChI is InChI=1S/C17H17FN4O/c1-11-8-12(18)10-13(9-11)20-17-21-15-5-3-2-4-14(15)16(22-17)19-6-7-23/h2-5,8-10,23H,6-7H2,1H3,(H2,19,20,21,22). The summed E-state index contributed by atoms with van der Waals surface area (Å²) >= 11 is 0. The lowest BCUT2D eigenvalue weighted by Crippen LogP contribution is -2.09. The minimum Gasteiger partial charge on any atom is -0.395 e. The predicted octanol–water partition coefficient (Wildman–Crippen LogP) is 3.23. The van der Waals surface area contributed by atoms with Crippen LogP contribution in [-0.4, -0.2) is 28.2 Å². The quantitative estimate of drug-likeness (QED) is 0.675. The molecule has 0 aliphatic heterocycles. The number of aliphatic hydroxyl groups excluding tert-OH is 1. The Balaban J connectivity index is 2.00. The van der Waals surface area contributed by atoms with Crippen LogP contribution in [0.25, 0.3) is 10.9 Å². The van der Waals surface area contributed by atoms with Crippen molar-refractivity contribution in [3.8, 4) is 0 Å². The van der Waals surface area contributed by atoms with Gasteiger partial charge >= 0.3 is 0 Å². The molecule has 0 bridgehead atoms. The smallest absolute Gasteiger partial charge is 0.229 e. The van der Waals surface area contributed by atoms with Crippen molar-refractivity contribution in [3.63, 3.8) is 0 Å². The Morgan fingerprint density at radius 1 is 1.13 bits per heavy atom. The number of aryl methyl sites for hydroxylation is 1. The maximum atomic E-state index is 13.5. The van der Waals surface area contributed by atoms with E-state index < -0.39 is 0 Å². The highest BCUT2D eigenvalue weighted by molar-refractivity contribution is 5.90. The number of fused-ring (bicyclic) bond motifs is 1. The molecule has 0 aliphatic rings. The third-order valence-electron chi connectivity index (χ3n) is 3.31. The molecule has 0 saturated heterocycles. The van der Waals surface area contributed by atoms with Crippen LogP contribution in [0.4, 0.5) is 21.8 Å². The Hall–Kier alpha value is -2.73. The largest absolute Gasteiger partial charge is 0.395 e. The maximum absolute atomic E-state index is 13.5. The van der Waals surface area contributed by atoms with Crippen LogP contribution in [0.3, 0.4) is 0 Å². The number of aliphatic hydroxyl groups is 1. The zero-order valence-corrected chi connectivity index (χ0v) is 12.7. The average molecular weight is 312 g/mol. The molecule has 0 radical (unpaired) electrons. The van der Waals surface area contributed by atoms with Gasteiger partial charge in [0.05, 0.1) is 12.1 Å². The van der Waals surface area contributed by atoms with E-state index in [4.69, 9.17) is 5.11 Å². The van der Waals surface area contributed by atoms with Gasteiger partial charge in [-0.15, -0.1) is 0 Å². The molecule has 2 aromatic carbocycles. The van der Waals surface area contributed by atoms with E-state index in [9.17, 15) is 4.39 Å². The topological polar surface area (TPSA) is 70.1 Å². The van der Waals surface area contributed by atoms with Gasteiger partial charge in [-0.25, -0.2) is 9.37 Å². The second-order valence-electron chi connectivity index (χ2n) is 5.21. The summed E-state index contributed by atoms with van der Waals surface area (Å²) in [6, 6.07) is 12.3. The highest BCUT2D eigenvalue weighted by Gasteiger charge is 2.08. The van der Waals surface area contributed by atoms with E-state index in [2.05, 4.69) is 20.6 Å². The van der Waals surface area contributed by atoms with Crippen LogP contribution in [0.2, 0.25) is 0 Å². The lowest BCUT2D eigenvalue weighted by atomic mass is 10.2. The Kier molecular flexibility index (Phi) is 4.34. The molecule has 5 nitrogen and oxygen atoms in total. The van der Waals surface area contributed by atoms with Crippen molar-refractivity contribution in [1.29, 1.82) is 0 Å². The maximum Gasteiger partial charge on any atom is 0.229 e. The van der Waals surface area contributed by atoms with E-state index in [1.807, 2.05) is 37.3 Å². The summed E-state index contributed by atoms with van der Waals surface area (Å²) in [6.07, 6.45) is 0. The van der Waals surface area contributed by atoms with Crippen LogP contribution >= 0.6 is 0 Å². The van der Waals surface area contributed by atoms with Crippen molar-refractivity contribution in [2.75, 3.05) is 23.8 Å². The van der Waals surface area contributed by atoms with E-state index in [-0.39, 0.29) is 12.4 Å². The highest BCUT2D eigenvalue weighted by atomic mass is 19.1. The number of rotatable bonds is 5. The normalized spacial score (nSPS) is 10.7. The minimum atomic E-state index is -0.313. The van der Waals surface area contributed by atoms with Crippen LogP contribution < -0.4 is 10.6 Å². The fourth-order valence-corrected chi connectivity index (χ4v) is 2.38. The second-order valence-corrected chi connectivity index (χ2v) is 5.21. The Labute approximate surface area is 133 Å². The predicted molar refractivity (Wildman–Crippen MR) is 89.5 cm³/mol. The third-order valence-corrected chi connectivity index (χ3v) is 3.31.